The molecule has 4 rings (SSSR count). The first-order valence-corrected chi connectivity index (χ1v) is 13.1. The quantitative estimate of drug-likeness (QED) is 0.278. The van der Waals surface area contributed by atoms with Crippen molar-refractivity contribution < 1.29 is 19.4 Å². The zero-order valence-electron chi connectivity index (χ0n) is 22.7. The number of hydrogen-bond acceptors (Lipinski definition) is 8. The Hall–Kier alpha value is -3.89. The maximum Gasteiger partial charge on any atom is 0.237 e. The van der Waals surface area contributed by atoms with Gasteiger partial charge < -0.3 is 24.4 Å². The number of carbonyl (C=O) groups excluding carboxylic acids is 1. The molecule has 0 radical (unpaired) electrons. The van der Waals surface area contributed by atoms with Crippen molar-refractivity contribution >= 4 is 39.9 Å². The third-order valence-electron chi connectivity index (χ3n) is 6.34. The van der Waals surface area contributed by atoms with Crippen LogP contribution in [-0.2, 0) is 11.8 Å². The minimum Gasteiger partial charge on any atom is -0.497 e. The molecule has 1 atom stereocenters. The lowest BCUT2D eigenvalue weighted by atomic mass is 10.1. The van der Waals surface area contributed by atoms with E-state index in [1.807, 2.05) is 62.3 Å². The van der Waals surface area contributed by atoms with Crippen LogP contribution < -0.4 is 14.4 Å². The number of hydrogen-bond donors (Lipinski definition) is 1. The van der Waals surface area contributed by atoms with E-state index in [4.69, 9.17) is 26.1 Å². The van der Waals surface area contributed by atoms with Gasteiger partial charge in [-0.2, -0.15) is 5.10 Å². The summed E-state index contributed by atoms with van der Waals surface area (Å²) in [6.45, 7) is 4.09. The normalized spacial score (nSPS) is 12.0. The molecule has 39 heavy (non-hydrogen) atoms. The van der Waals surface area contributed by atoms with Gasteiger partial charge in [0, 0.05) is 61.0 Å². The fourth-order valence-electron chi connectivity index (χ4n) is 4.34. The Morgan fingerprint density at radius 3 is 2.33 bits per heavy atom. The zero-order valence-corrected chi connectivity index (χ0v) is 23.5. The highest BCUT2D eigenvalue weighted by Crippen LogP contribution is 2.34. The summed E-state index contributed by atoms with van der Waals surface area (Å²) >= 11 is 5.82. The topological polar surface area (TPSA) is 106 Å². The van der Waals surface area contributed by atoms with E-state index < -0.39 is 6.10 Å². The summed E-state index contributed by atoms with van der Waals surface area (Å²) in [5.74, 6) is 0.822. The van der Waals surface area contributed by atoms with Gasteiger partial charge in [-0.1, -0.05) is 0 Å². The van der Waals surface area contributed by atoms with Crippen LogP contribution in [0.2, 0.25) is 0 Å². The van der Waals surface area contributed by atoms with Crippen LogP contribution in [0.4, 0.5) is 11.4 Å². The van der Waals surface area contributed by atoms with Gasteiger partial charge >= 0.3 is 0 Å². The molecule has 2 heterocycles. The number of methoxy groups -OCH3 is 2. The van der Waals surface area contributed by atoms with Crippen molar-refractivity contribution in [1.82, 2.24) is 24.6 Å². The molecule has 2 aromatic heterocycles. The molecule has 0 saturated heterocycles. The average Bonchev–Trinajstić information content (AvgIpc) is 3.39. The van der Waals surface area contributed by atoms with Crippen molar-refractivity contribution in [2.75, 3.05) is 38.1 Å². The van der Waals surface area contributed by atoms with Gasteiger partial charge in [0.1, 0.15) is 17.4 Å². The molecular weight excluding hydrogens is 520 g/mol. The summed E-state index contributed by atoms with van der Waals surface area (Å²) in [7, 11) is 5.02. The van der Waals surface area contributed by atoms with Gasteiger partial charge in [-0.15, -0.1) is 11.6 Å². The Kier molecular flexibility index (Phi) is 8.88. The second kappa shape index (κ2) is 12.3. The number of rotatable bonds is 11. The third-order valence-corrected chi connectivity index (χ3v) is 6.57. The number of ether oxygens (including phenoxy) is 2. The lowest BCUT2D eigenvalue weighted by molar-refractivity contribution is -0.131. The smallest absolute Gasteiger partial charge is 0.237 e. The number of halogens is 1. The molecule has 1 N–H and O–H groups in total. The van der Waals surface area contributed by atoms with E-state index in [0.29, 0.717) is 22.7 Å². The number of fused-ring (bicyclic) bond motifs is 1. The highest BCUT2D eigenvalue weighted by molar-refractivity contribution is 6.27. The van der Waals surface area contributed by atoms with Crippen LogP contribution in [-0.4, -0.2) is 81.0 Å². The summed E-state index contributed by atoms with van der Waals surface area (Å²) < 4.78 is 12.7. The fourth-order valence-corrected chi connectivity index (χ4v) is 4.49. The van der Waals surface area contributed by atoms with E-state index in [-0.39, 0.29) is 30.9 Å². The molecule has 4 aromatic rings. The molecule has 2 aromatic carbocycles. The maximum absolute atomic E-state index is 12.4. The number of alkyl halides is 1. The number of anilines is 2. The van der Waals surface area contributed by atoms with Crippen LogP contribution in [0.5, 0.6) is 11.5 Å². The van der Waals surface area contributed by atoms with Crippen molar-refractivity contribution in [3.8, 4) is 22.8 Å². The molecule has 0 aliphatic heterocycles. The van der Waals surface area contributed by atoms with Crippen LogP contribution >= 0.6 is 11.6 Å². The molecule has 0 aliphatic rings. The molecule has 11 heteroatoms. The van der Waals surface area contributed by atoms with Gasteiger partial charge in [0.15, 0.2) is 0 Å². The average molecular weight is 553 g/mol. The Balaban J connectivity index is 1.76. The van der Waals surface area contributed by atoms with Gasteiger partial charge in [-0.05, 0) is 32.0 Å². The Bertz CT molecular complexity index is 1420. The predicted octanol–water partition coefficient (Wildman–Crippen LogP) is 4.02. The highest BCUT2D eigenvalue weighted by Gasteiger charge is 2.23. The number of aromatic nitrogens is 4. The molecular formula is C28H33ClN6O4. The first-order valence-electron chi connectivity index (χ1n) is 12.5. The SMILES string of the molecule is COc1cc(OC)cc(N(CC(O)CN(C(=O)CCl)C(C)C)c2ccc3ncc(-c4cnn(C)c4)nc3c2)c1. The maximum atomic E-state index is 12.4. The Labute approximate surface area is 232 Å². The van der Waals surface area contributed by atoms with Crippen LogP contribution in [0.3, 0.4) is 0 Å². The van der Waals surface area contributed by atoms with Crippen LogP contribution in [0.1, 0.15) is 13.8 Å². The second-order valence-corrected chi connectivity index (χ2v) is 9.71. The molecule has 0 bridgehead atoms. The van der Waals surface area contributed by atoms with Gasteiger partial charge in [0.2, 0.25) is 5.91 Å². The zero-order chi connectivity index (χ0) is 28.1. The van der Waals surface area contributed by atoms with Crippen molar-refractivity contribution in [2.45, 2.75) is 26.0 Å². The summed E-state index contributed by atoms with van der Waals surface area (Å²) in [6, 6.07) is 11.1. The molecule has 10 nitrogen and oxygen atoms in total. The standard InChI is InChI=1S/C28H33ClN6O4/c1-18(2)34(28(37)12-29)16-22(36)17-35(21-8-23(38-4)11-24(9-21)39-5)20-6-7-25-26(10-20)32-27(14-30-25)19-13-31-33(3)15-19/h6-11,13-15,18,22,36H,12,16-17H2,1-5H3. The van der Waals surface area contributed by atoms with Crippen molar-refractivity contribution in [3.63, 3.8) is 0 Å². The summed E-state index contributed by atoms with van der Waals surface area (Å²) in [5.41, 5.74) is 4.49. The number of nitrogens with zero attached hydrogens (tertiary/aromatic N) is 6. The minimum atomic E-state index is -0.889. The summed E-state index contributed by atoms with van der Waals surface area (Å²) in [5, 5.41) is 15.4. The first-order chi connectivity index (χ1) is 18.7. The third kappa shape index (κ3) is 6.58. The molecule has 1 amide bonds. The van der Waals surface area contributed by atoms with Crippen LogP contribution in [0.25, 0.3) is 22.3 Å². The van der Waals surface area contributed by atoms with E-state index in [1.54, 1.807) is 42.3 Å². The van der Waals surface area contributed by atoms with E-state index in [2.05, 4.69) is 10.1 Å². The van der Waals surface area contributed by atoms with Gasteiger partial charge in [0.05, 0.1) is 56.0 Å². The number of carbonyl (C=O) groups is 1. The molecule has 0 saturated carbocycles. The molecule has 0 aliphatic carbocycles. The first kappa shape index (κ1) is 28.1. The van der Waals surface area contributed by atoms with Crippen LogP contribution in [0, 0.1) is 0 Å². The fraction of sp³-hybridized carbons (Fsp3) is 0.357. The number of amides is 1. The lowest BCUT2D eigenvalue weighted by Gasteiger charge is -2.32. The molecule has 206 valence electrons. The van der Waals surface area contributed by atoms with Crippen molar-refractivity contribution in [2.24, 2.45) is 7.05 Å². The lowest BCUT2D eigenvalue weighted by Crippen LogP contribution is -2.45. The van der Waals surface area contributed by atoms with Gasteiger partial charge in [-0.3, -0.25) is 14.5 Å². The number of aryl methyl sites for hydroxylation is 1. The van der Waals surface area contributed by atoms with E-state index in [1.165, 1.54) is 0 Å². The highest BCUT2D eigenvalue weighted by atomic mass is 35.5. The Morgan fingerprint density at radius 2 is 1.74 bits per heavy atom. The van der Waals surface area contributed by atoms with E-state index >= 15 is 0 Å². The largest absolute Gasteiger partial charge is 0.497 e. The van der Waals surface area contributed by atoms with E-state index in [9.17, 15) is 9.90 Å². The van der Waals surface area contributed by atoms with Crippen molar-refractivity contribution in [1.29, 1.82) is 0 Å². The Morgan fingerprint density at radius 1 is 1.03 bits per heavy atom. The number of benzene rings is 2. The van der Waals surface area contributed by atoms with Gasteiger partial charge in [-0.25, -0.2) is 4.98 Å². The molecule has 0 fully saturated rings. The number of aliphatic hydroxyl groups excluding tert-OH is 1. The predicted molar refractivity (Wildman–Crippen MR) is 152 cm³/mol. The summed E-state index contributed by atoms with van der Waals surface area (Å²) in [4.78, 5) is 25.3. The summed E-state index contributed by atoms with van der Waals surface area (Å²) in [6.07, 6.45) is 4.46. The minimum absolute atomic E-state index is 0.113. The second-order valence-electron chi connectivity index (χ2n) is 9.44. The van der Waals surface area contributed by atoms with Crippen molar-refractivity contribution in [3.05, 3.63) is 55.0 Å². The van der Waals surface area contributed by atoms with E-state index in [0.717, 1.165) is 22.5 Å². The van der Waals surface area contributed by atoms with Crippen LogP contribution in [0.15, 0.2) is 55.0 Å². The van der Waals surface area contributed by atoms with Gasteiger partial charge in [0.25, 0.3) is 0 Å². The monoisotopic (exact) mass is 552 g/mol. The molecule has 0 spiro atoms. The number of aliphatic hydroxyl groups is 1. The molecule has 1 unspecified atom stereocenters.